The Balaban J connectivity index is 2.04. The number of pyridine rings is 1. The lowest BCUT2D eigenvalue weighted by atomic mass is 10.1. The average molecular weight is 257 g/mol. The van der Waals surface area contributed by atoms with Gasteiger partial charge in [0.1, 0.15) is 5.56 Å². The van der Waals surface area contributed by atoms with Crippen LogP contribution in [0.3, 0.4) is 0 Å². The first-order chi connectivity index (χ1) is 9.31. The number of carbonyl (C=O) groups is 1. The maximum Gasteiger partial charge on any atom is 0.341 e. The second-order valence-electron chi connectivity index (χ2n) is 4.56. The highest BCUT2D eigenvalue weighted by Gasteiger charge is 2.33. The molecule has 0 N–H and O–H groups in total. The molecular weight excluding hydrogens is 242 g/mol. The number of esters is 1. The molecule has 0 bridgehead atoms. The first kappa shape index (κ1) is 11.9. The third-order valence-corrected chi connectivity index (χ3v) is 3.17. The minimum absolute atomic E-state index is 0.287. The van der Waals surface area contributed by atoms with Crippen molar-refractivity contribution in [2.45, 2.75) is 25.7 Å². The van der Waals surface area contributed by atoms with Gasteiger partial charge >= 0.3 is 5.97 Å². The monoisotopic (exact) mass is 257 g/mol. The molecule has 2 heterocycles. The molecule has 19 heavy (non-hydrogen) atoms. The Morgan fingerprint density at radius 3 is 2.79 bits per heavy atom. The van der Waals surface area contributed by atoms with E-state index in [2.05, 4.69) is 10.1 Å². The Bertz CT molecular complexity index is 588. The standard InChI is InChI=1S/C14H15N3O2/c1-2-19-14(18)12-9-16-17(13(12)10-3-4-10)11-5-7-15-8-6-11/h5-10H,2-4H2,1H3. The number of nitrogens with zero attached hydrogens (tertiary/aromatic N) is 3. The summed E-state index contributed by atoms with van der Waals surface area (Å²) in [5.41, 5.74) is 2.47. The van der Waals surface area contributed by atoms with Crippen molar-refractivity contribution >= 4 is 5.97 Å². The number of rotatable bonds is 4. The van der Waals surface area contributed by atoms with Gasteiger partial charge < -0.3 is 4.74 Å². The molecule has 0 radical (unpaired) electrons. The van der Waals surface area contributed by atoms with Gasteiger partial charge in [0.05, 0.1) is 24.2 Å². The van der Waals surface area contributed by atoms with Crippen LogP contribution in [0, 0.1) is 0 Å². The lowest BCUT2D eigenvalue weighted by Gasteiger charge is -2.08. The van der Waals surface area contributed by atoms with Crippen molar-refractivity contribution < 1.29 is 9.53 Å². The van der Waals surface area contributed by atoms with Gasteiger partial charge in [-0.3, -0.25) is 4.98 Å². The molecule has 1 aliphatic carbocycles. The molecule has 2 aromatic heterocycles. The zero-order valence-corrected chi connectivity index (χ0v) is 10.7. The molecule has 3 rings (SSSR count). The van der Waals surface area contributed by atoms with Crippen LogP contribution in [0.15, 0.2) is 30.7 Å². The highest BCUT2D eigenvalue weighted by molar-refractivity contribution is 5.91. The van der Waals surface area contributed by atoms with Crippen molar-refractivity contribution in [2.75, 3.05) is 6.61 Å². The molecule has 2 aromatic rings. The number of aromatic nitrogens is 3. The van der Waals surface area contributed by atoms with Gasteiger partial charge in [-0.2, -0.15) is 5.10 Å². The molecule has 5 nitrogen and oxygen atoms in total. The molecule has 98 valence electrons. The Kier molecular flexibility index (Phi) is 3.03. The molecule has 1 fully saturated rings. The van der Waals surface area contributed by atoms with Crippen LogP contribution in [0.2, 0.25) is 0 Å². The van der Waals surface area contributed by atoms with E-state index < -0.39 is 0 Å². The van der Waals surface area contributed by atoms with Gasteiger partial charge in [0.15, 0.2) is 0 Å². The molecule has 0 saturated heterocycles. The molecule has 5 heteroatoms. The third kappa shape index (κ3) is 2.23. The highest BCUT2D eigenvalue weighted by Crippen LogP contribution is 2.42. The summed E-state index contributed by atoms with van der Waals surface area (Å²) in [6.07, 6.45) is 7.24. The summed E-state index contributed by atoms with van der Waals surface area (Å²) >= 11 is 0. The minimum atomic E-state index is -0.287. The largest absolute Gasteiger partial charge is 0.462 e. The topological polar surface area (TPSA) is 57.0 Å². The fraction of sp³-hybridized carbons (Fsp3) is 0.357. The Hall–Kier alpha value is -2.17. The Labute approximate surface area is 111 Å². The van der Waals surface area contributed by atoms with Crippen LogP contribution >= 0.6 is 0 Å². The molecule has 0 spiro atoms. The van der Waals surface area contributed by atoms with E-state index in [0.29, 0.717) is 18.1 Å². The molecule has 0 amide bonds. The van der Waals surface area contributed by atoms with E-state index in [4.69, 9.17) is 4.74 Å². The second-order valence-corrected chi connectivity index (χ2v) is 4.56. The van der Waals surface area contributed by atoms with Crippen molar-refractivity contribution in [1.29, 1.82) is 0 Å². The van der Waals surface area contributed by atoms with Crippen LogP contribution in [0.4, 0.5) is 0 Å². The summed E-state index contributed by atoms with van der Waals surface area (Å²) in [6, 6.07) is 3.77. The number of carbonyl (C=O) groups excluding carboxylic acids is 1. The van der Waals surface area contributed by atoms with Gasteiger partial charge in [0.25, 0.3) is 0 Å². The van der Waals surface area contributed by atoms with E-state index in [9.17, 15) is 4.79 Å². The first-order valence-electron chi connectivity index (χ1n) is 6.46. The molecule has 1 saturated carbocycles. The number of hydrogen-bond acceptors (Lipinski definition) is 4. The molecule has 0 atom stereocenters. The number of hydrogen-bond donors (Lipinski definition) is 0. The van der Waals surface area contributed by atoms with Crippen LogP contribution in [-0.2, 0) is 4.74 Å². The summed E-state index contributed by atoms with van der Waals surface area (Å²) in [5, 5.41) is 4.34. The lowest BCUT2D eigenvalue weighted by Crippen LogP contribution is -2.09. The van der Waals surface area contributed by atoms with E-state index in [-0.39, 0.29) is 5.97 Å². The van der Waals surface area contributed by atoms with E-state index in [1.165, 1.54) is 0 Å². The fourth-order valence-electron chi connectivity index (χ4n) is 2.16. The van der Waals surface area contributed by atoms with Gasteiger partial charge in [-0.05, 0) is 31.9 Å². The van der Waals surface area contributed by atoms with Gasteiger partial charge in [0, 0.05) is 18.3 Å². The van der Waals surface area contributed by atoms with Crippen molar-refractivity contribution in [3.8, 4) is 5.69 Å². The van der Waals surface area contributed by atoms with Crippen LogP contribution in [-0.4, -0.2) is 27.3 Å². The fourth-order valence-corrected chi connectivity index (χ4v) is 2.16. The van der Waals surface area contributed by atoms with Crippen molar-refractivity contribution in [2.24, 2.45) is 0 Å². The third-order valence-electron chi connectivity index (χ3n) is 3.17. The van der Waals surface area contributed by atoms with E-state index in [1.807, 2.05) is 23.7 Å². The SMILES string of the molecule is CCOC(=O)c1cnn(-c2ccncc2)c1C1CC1. The minimum Gasteiger partial charge on any atom is -0.462 e. The lowest BCUT2D eigenvalue weighted by molar-refractivity contribution is 0.0525. The predicted molar refractivity (Wildman–Crippen MR) is 69.3 cm³/mol. The van der Waals surface area contributed by atoms with Crippen LogP contribution in [0.5, 0.6) is 0 Å². The van der Waals surface area contributed by atoms with Gasteiger partial charge in [-0.1, -0.05) is 0 Å². The molecule has 0 unspecified atom stereocenters. The predicted octanol–water partition coefficient (Wildman–Crippen LogP) is 2.32. The van der Waals surface area contributed by atoms with Gasteiger partial charge in [-0.15, -0.1) is 0 Å². The quantitative estimate of drug-likeness (QED) is 0.789. The van der Waals surface area contributed by atoms with Crippen molar-refractivity contribution in [3.05, 3.63) is 42.0 Å². The molecule has 0 aromatic carbocycles. The first-order valence-corrected chi connectivity index (χ1v) is 6.46. The van der Waals surface area contributed by atoms with Crippen LogP contribution in [0.25, 0.3) is 5.69 Å². The number of ether oxygens (including phenoxy) is 1. The maximum absolute atomic E-state index is 12.0. The summed E-state index contributed by atoms with van der Waals surface area (Å²) in [5.74, 6) is 0.125. The van der Waals surface area contributed by atoms with Crippen LogP contribution in [0.1, 0.15) is 41.7 Å². The van der Waals surface area contributed by atoms with Crippen molar-refractivity contribution in [3.63, 3.8) is 0 Å². The molecule has 0 aliphatic heterocycles. The van der Waals surface area contributed by atoms with E-state index >= 15 is 0 Å². The van der Waals surface area contributed by atoms with Gasteiger partial charge in [-0.25, -0.2) is 9.48 Å². The zero-order valence-electron chi connectivity index (χ0n) is 10.7. The molecular formula is C14H15N3O2. The summed E-state index contributed by atoms with van der Waals surface area (Å²) in [6.45, 7) is 2.19. The maximum atomic E-state index is 12.0. The van der Waals surface area contributed by atoms with Crippen molar-refractivity contribution in [1.82, 2.24) is 14.8 Å². The summed E-state index contributed by atoms with van der Waals surface area (Å²) < 4.78 is 6.92. The molecule has 1 aliphatic rings. The smallest absolute Gasteiger partial charge is 0.341 e. The summed E-state index contributed by atoms with van der Waals surface area (Å²) in [4.78, 5) is 16.0. The van der Waals surface area contributed by atoms with Gasteiger partial charge in [0.2, 0.25) is 0 Å². The zero-order chi connectivity index (χ0) is 13.2. The van der Waals surface area contributed by atoms with E-state index in [0.717, 1.165) is 24.2 Å². The second kappa shape index (κ2) is 4.84. The van der Waals surface area contributed by atoms with Crippen LogP contribution < -0.4 is 0 Å². The average Bonchev–Trinajstić information content (AvgIpc) is 3.18. The highest BCUT2D eigenvalue weighted by atomic mass is 16.5. The Morgan fingerprint density at radius 1 is 1.42 bits per heavy atom. The Morgan fingerprint density at radius 2 is 2.16 bits per heavy atom. The summed E-state index contributed by atoms with van der Waals surface area (Å²) in [7, 11) is 0. The van der Waals surface area contributed by atoms with E-state index in [1.54, 1.807) is 18.6 Å². The normalized spacial score (nSPS) is 14.4.